The number of esters is 1. The Balaban J connectivity index is 1.62. The molecule has 30 heavy (non-hydrogen) atoms. The molecule has 1 aromatic heterocycles. The Morgan fingerprint density at radius 1 is 1.20 bits per heavy atom. The Bertz CT molecular complexity index is 1100. The Kier molecular flexibility index (Phi) is 4.62. The predicted molar refractivity (Wildman–Crippen MR) is 111 cm³/mol. The summed E-state index contributed by atoms with van der Waals surface area (Å²) in [5.74, 6) is 0.541. The third-order valence-corrected chi connectivity index (χ3v) is 6.94. The van der Waals surface area contributed by atoms with E-state index >= 15 is 0 Å². The van der Waals surface area contributed by atoms with Gasteiger partial charge in [-0.3, -0.25) is 4.79 Å². The molecule has 2 aromatic rings. The largest absolute Gasteiger partial charge is 0.466 e. The molecule has 1 aromatic carbocycles. The zero-order valence-electron chi connectivity index (χ0n) is 16.7. The lowest BCUT2D eigenvalue weighted by atomic mass is 9.72. The number of hydrogen-bond acceptors (Lipinski definition) is 7. The van der Waals surface area contributed by atoms with E-state index in [1.54, 1.807) is 11.3 Å². The van der Waals surface area contributed by atoms with Crippen LogP contribution in [0.1, 0.15) is 42.0 Å². The second kappa shape index (κ2) is 7.32. The lowest BCUT2D eigenvalue weighted by molar-refractivity contribution is -0.136. The van der Waals surface area contributed by atoms with Crippen molar-refractivity contribution in [2.75, 3.05) is 13.9 Å². The number of dihydropyridines is 1. The summed E-state index contributed by atoms with van der Waals surface area (Å²) < 4.78 is 16.0. The highest BCUT2D eigenvalue weighted by molar-refractivity contribution is 7.10. The first kappa shape index (κ1) is 18.9. The van der Waals surface area contributed by atoms with Crippen LogP contribution < -0.4 is 14.8 Å². The molecule has 6 nitrogen and oxygen atoms in total. The molecule has 3 aliphatic rings. The maximum Gasteiger partial charge on any atom is 0.336 e. The van der Waals surface area contributed by atoms with Gasteiger partial charge in [0.25, 0.3) is 0 Å². The molecule has 0 saturated heterocycles. The predicted octanol–water partition coefficient (Wildman–Crippen LogP) is 4.01. The van der Waals surface area contributed by atoms with E-state index < -0.39 is 11.9 Å². The van der Waals surface area contributed by atoms with Gasteiger partial charge >= 0.3 is 5.97 Å². The molecule has 154 valence electrons. The van der Waals surface area contributed by atoms with Gasteiger partial charge in [-0.15, -0.1) is 11.3 Å². The van der Waals surface area contributed by atoms with Gasteiger partial charge in [-0.1, -0.05) is 12.1 Å². The third kappa shape index (κ3) is 3.01. The van der Waals surface area contributed by atoms with Crippen LogP contribution in [0, 0.1) is 0 Å². The molecule has 7 heteroatoms. The van der Waals surface area contributed by atoms with Crippen LogP contribution in [0.25, 0.3) is 0 Å². The van der Waals surface area contributed by atoms with Crippen LogP contribution in [0.3, 0.4) is 0 Å². The van der Waals surface area contributed by atoms with Crippen molar-refractivity contribution in [2.24, 2.45) is 0 Å². The molecule has 2 aliphatic heterocycles. The van der Waals surface area contributed by atoms with Crippen molar-refractivity contribution >= 4 is 23.1 Å². The van der Waals surface area contributed by atoms with Gasteiger partial charge in [-0.05, 0) is 42.5 Å². The number of rotatable bonds is 3. The summed E-state index contributed by atoms with van der Waals surface area (Å²) in [4.78, 5) is 27.3. The monoisotopic (exact) mass is 423 g/mol. The quantitative estimate of drug-likeness (QED) is 0.752. The van der Waals surface area contributed by atoms with Crippen molar-refractivity contribution in [2.45, 2.75) is 31.6 Å². The first-order chi connectivity index (χ1) is 14.6. The number of benzene rings is 1. The molecule has 0 radical (unpaired) electrons. The molecule has 1 N–H and O–H groups in total. The molecule has 2 atom stereocenters. The summed E-state index contributed by atoms with van der Waals surface area (Å²) in [7, 11) is 1.36. The van der Waals surface area contributed by atoms with Crippen LogP contribution in [0.5, 0.6) is 11.5 Å². The molecule has 0 fully saturated rings. The number of carbonyl (C=O) groups excluding carboxylic acids is 2. The molecule has 0 amide bonds. The fraction of sp³-hybridized carbons (Fsp3) is 0.304. The Morgan fingerprint density at radius 2 is 2.03 bits per heavy atom. The van der Waals surface area contributed by atoms with E-state index in [0.717, 1.165) is 17.7 Å². The maximum atomic E-state index is 13.4. The number of Topliss-reactive ketones (excluding diaryl/α,β-unsaturated/α-hetero) is 1. The van der Waals surface area contributed by atoms with Crippen LogP contribution in [0.4, 0.5) is 0 Å². The van der Waals surface area contributed by atoms with Gasteiger partial charge in [-0.2, -0.15) is 0 Å². The van der Waals surface area contributed by atoms with Crippen LogP contribution in [-0.4, -0.2) is 25.7 Å². The van der Waals surface area contributed by atoms with Crippen LogP contribution in [0.2, 0.25) is 0 Å². The number of ketones is 1. The third-order valence-electron chi connectivity index (χ3n) is 5.91. The van der Waals surface area contributed by atoms with E-state index in [9.17, 15) is 9.59 Å². The highest BCUT2D eigenvalue weighted by Gasteiger charge is 2.41. The highest BCUT2D eigenvalue weighted by atomic mass is 32.1. The number of fused-ring (bicyclic) bond motifs is 1. The summed E-state index contributed by atoms with van der Waals surface area (Å²) in [5.41, 5.74) is 3.52. The van der Waals surface area contributed by atoms with E-state index in [1.807, 2.05) is 36.6 Å². The number of carbonyl (C=O) groups is 2. The summed E-state index contributed by atoms with van der Waals surface area (Å²) in [6.45, 7) is 2.02. The lowest BCUT2D eigenvalue weighted by Gasteiger charge is -2.36. The Labute approximate surface area is 178 Å². The van der Waals surface area contributed by atoms with Crippen LogP contribution in [-0.2, 0) is 14.3 Å². The minimum absolute atomic E-state index is 0.0544. The number of allylic oxidation sites excluding steroid dienone is 3. The number of thiophene rings is 1. The van der Waals surface area contributed by atoms with Gasteiger partial charge < -0.3 is 19.5 Å². The van der Waals surface area contributed by atoms with E-state index in [0.29, 0.717) is 34.8 Å². The van der Waals surface area contributed by atoms with Gasteiger partial charge in [0.1, 0.15) is 0 Å². The van der Waals surface area contributed by atoms with Crippen molar-refractivity contribution in [3.8, 4) is 11.5 Å². The molecule has 0 spiro atoms. The standard InChI is InChI=1S/C23H21NO5S/c1-12-20(23(26)27-2)21(13-5-6-17-18(10-13)29-11-28-17)22-15(24-12)8-14(9-16(22)25)19-4-3-7-30-19/h3-7,10,14,21,24H,8-9,11H2,1-2H3/t14-,21-/m1/s1. The minimum atomic E-state index is -0.500. The molecule has 3 heterocycles. The summed E-state index contributed by atoms with van der Waals surface area (Å²) >= 11 is 1.67. The first-order valence-corrected chi connectivity index (χ1v) is 10.7. The molecular formula is C23H21NO5S. The number of hydrogen-bond donors (Lipinski definition) is 1. The second-order valence-corrected chi connectivity index (χ2v) is 8.62. The van der Waals surface area contributed by atoms with Gasteiger partial charge in [0, 0.05) is 40.1 Å². The molecule has 1 aliphatic carbocycles. The number of ether oxygens (including phenoxy) is 3. The highest BCUT2D eigenvalue weighted by Crippen LogP contribution is 2.47. The van der Waals surface area contributed by atoms with E-state index in [-0.39, 0.29) is 18.5 Å². The molecule has 0 unspecified atom stereocenters. The summed E-state index contributed by atoms with van der Waals surface area (Å²) in [5, 5.41) is 5.38. The van der Waals surface area contributed by atoms with Gasteiger partial charge in [0.15, 0.2) is 17.3 Å². The molecule has 0 saturated carbocycles. The van der Waals surface area contributed by atoms with Crippen molar-refractivity contribution in [3.05, 3.63) is 68.7 Å². The van der Waals surface area contributed by atoms with E-state index in [4.69, 9.17) is 14.2 Å². The molecule has 5 rings (SSSR count). The van der Waals surface area contributed by atoms with Crippen molar-refractivity contribution in [1.82, 2.24) is 5.32 Å². The zero-order chi connectivity index (χ0) is 20.8. The molecular weight excluding hydrogens is 402 g/mol. The van der Waals surface area contributed by atoms with Crippen molar-refractivity contribution < 1.29 is 23.8 Å². The average Bonchev–Trinajstić information content (AvgIpc) is 3.43. The number of methoxy groups -OCH3 is 1. The fourth-order valence-corrected chi connectivity index (χ4v) is 5.40. The summed E-state index contributed by atoms with van der Waals surface area (Å²) in [6, 6.07) is 9.67. The SMILES string of the molecule is COC(=O)C1=C(C)NC2=C(C(=O)C[C@H](c3cccs3)C2)[C@@H]1c1ccc2c(c1)OCO2. The van der Waals surface area contributed by atoms with Gasteiger partial charge in [0.2, 0.25) is 6.79 Å². The van der Waals surface area contributed by atoms with E-state index in [1.165, 1.54) is 12.0 Å². The van der Waals surface area contributed by atoms with Crippen LogP contribution in [0.15, 0.2) is 58.3 Å². The zero-order valence-corrected chi connectivity index (χ0v) is 17.5. The topological polar surface area (TPSA) is 73.9 Å². The average molecular weight is 423 g/mol. The number of nitrogens with one attached hydrogen (secondary N) is 1. The summed E-state index contributed by atoms with van der Waals surface area (Å²) in [6.07, 6.45) is 1.16. The lowest BCUT2D eigenvalue weighted by Crippen LogP contribution is -2.35. The Hall–Kier alpha value is -3.06. The maximum absolute atomic E-state index is 13.4. The van der Waals surface area contributed by atoms with Crippen LogP contribution >= 0.6 is 11.3 Å². The van der Waals surface area contributed by atoms with E-state index in [2.05, 4.69) is 11.4 Å². The molecule has 0 bridgehead atoms. The minimum Gasteiger partial charge on any atom is -0.466 e. The smallest absolute Gasteiger partial charge is 0.336 e. The van der Waals surface area contributed by atoms with Gasteiger partial charge in [-0.25, -0.2) is 4.79 Å². The van der Waals surface area contributed by atoms with Crippen molar-refractivity contribution in [3.63, 3.8) is 0 Å². The van der Waals surface area contributed by atoms with Gasteiger partial charge in [0.05, 0.1) is 12.7 Å². The second-order valence-electron chi connectivity index (χ2n) is 7.64. The first-order valence-electron chi connectivity index (χ1n) is 9.82. The fourth-order valence-electron chi connectivity index (χ4n) is 4.57. The van der Waals surface area contributed by atoms with Crippen molar-refractivity contribution in [1.29, 1.82) is 0 Å². The normalized spacial score (nSPS) is 22.7. The Morgan fingerprint density at radius 3 is 2.80 bits per heavy atom.